The number of halogens is 1. The SMILES string of the molecule is CN1CC(CCN)N(C)c2cccc(Cl)c21. The van der Waals surface area contributed by atoms with Crippen LogP contribution in [0.25, 0.3) is 0 Å². The van der Waals surface area contributed by atoms with E-state index in [0.717, 1.165) is 30.2 Å². The van der Waals surface area contributed by atoms with Gasteiger partial charge in [0.15, 0.2) is 0 Å². The van der Waals surface area contributed by atoms with Crippen LogP contribution in [0.1, 0.15) is 6.42 Å². The van der Waals surface area contributed by atoms with Crippen LogP contribution in [-0.4, -0.2) is 33.2 Å². The van der Waals surface area contributed by atoms with E-state index in [1.54, 1.807) is 0 Å². The number of fused-ring (bicyclic) bond motifs is 1. The summed E-state index contributed by atoms with van der Waals surface area (Å²) < 4.78 is 0. The van der Waals surface area contributed by atoms with Crippen molar-refractivity contribution in [3.05, 3.63) is 23.2 Å². The number of nitrogens with two attached hydrogens (primary N) is 1. The van der Waals surface area contributed by atoms with Crippen molar-refractivity contribution >= 4 is 23.0 Å². The molecule has 1 aliphatic rings. The summed E-state index contributed by atoms with van der Waals surface area (Å²) in [6, 6.07) is 6.52. The molecule has 3 nitrogen and oxygen atoms in total. The van der Waals surface area contributed by atoms with E-state index in [2.05, 4.69) is 30.0 Å². The highest BCUT2D eigenvalue weighted by Gasteiger charge is 2.27. The van der Waals surface area contributed by atoms with Gasteiger partial charge in [-0.05, 0) is 25.1 Å². The number of hydrogen-bond acceptors (Lipinski definition) is 3. The molecule has 1 heterocycles. The van der Waals surface area contributed by atoms with Crippen LogP contribution in [0.15, 0.2) is 18.2 Å². The molecule has 1 aromatic carbocycles. The first-order chi connectivity index (χ1) is 7.65. The Morgan fingerprint density at radius 2 is 2.19 bits per heavy atom. The fraction of sp³-hybridized carbons (Fsp3) is 0.500. The first kappa shape index (κ1) is 11.6. The molecule has 16 heavy (non-hydrogen) atoms. The average Bonchev–Trinajstić information content (AvgIpc) is 2.25. The Bertz CT molecular complexity index is 381. The lowest BCUT2D eigenvalue weighted by molar-refractivity contribution is 0.567. The Hall–Kier alpha value is -0.930. The van der Waals surface area contributed by atoms with Crippen LogP contribution in [0, 0.1) is 0 Å². The molecule has 0 amide bonds. The third-order valence-electron chi connectivity index (χ3n) is 3.26. The van der Waals surface area contributed by atoms with Crippen LogP contribution >= 0.6 is 11.6 Å². The van der Waals surface area contributed by atoms with Crippen LogP contribution in [0.2, 0.25) is 5.02 Å². The van der Waals surface area contributed by atoms with E-state index >= 15 is 0 Å². The predicted octanol–water partition coefficient (Wildman–Crippen LogP) is 1.94. The number of anilines is 2. The second-order valence-corrected chi connectivity index (χ2v) is 4.74. The maximum atomic E-state index is 6.23. The van der Waals surface area contributed by atoms with Crippen LogP contribution in [0.5, 0.6) is 0 Å². The van der Waals surface area contributed by atoms with E-state index in [0.29, 0.717) is 6.04 Å². The molecule has 2 N–H and O–H groups in total. The number of hydrogen-bond donors (Lipinski definition) is 1. The van der Waals surface area contributed by atoms with Crippen LogP contribution < -0.4 is 15.5 Å². The van der Waals surface area contributed by atoms with Crippen molar-refractivity contribution in [3.8, 4) is 0 Å². The van der Waals surface area contributed by atoms with Gasteiger partial charge in [0.25, 0.3) is 0 Å². The monoisotopic (exact) mass is 239 g/mol. The molecule has 88 valence electrons. The number of para-hydroxylation sites is 1. The number of nitrogens with zero attached hydrogens (tertiary/aromatic N) is 2. The second-order valence-electron chi connectivity index (χ2n) is 4.33. The molecule has 1 atom stereocenters. The maximum Gasteiger partial charge on any atom is 0.0791 e. The minimum atomic E-state index is 0.473. The summed E-state index contributed by atoms with van der Waals surface area (Å²) in [5, 5.41) is 0.818. The van der Waals surface area contributed by atoms with Gasteiger partial charge < -0.3 is 15.5 Å². The Morgan fingerprint density at radius 1 is 1.44 bits per heavy atom. The highest BCUT2D eigenvalue weighted by molar-refractivity contribution is 6.34. The van der Waals surface area contributed by atoms with Crippen LogP contribution in [0.3, 0.4) is 0 Å². The lowest BCUT2D eigenvalue weighted by Crippen LogP contribution is -2.46. The molecule has 0 radical (unpaired) electrons. The molecule has 0 saturated carbocycles. The summed E-state index contributed by atoms with van der Waals surface area (Å²) >= 11 is 6.23. The number of likely N-dealkylation sites (N-methyl/N-ethyl adjacent to an activating group) is 2. The third-order valence-corrected chi connectivity index (χ3v) is 3.56. The molecule has 0 aliphatic carbocycles. The topological polar surface area (TPSA) is 32.5 Å². The van der Waals surface area contributed by atoms with Crippen molar-refractivity contribution in [2.24, 2.45) is 5.73 Å². The molecule has 0 fully saturated rings. The summed E-state index contributed by atoms with van der Waals surface area (Å²) in [4.78, 5) is 4.51. The molecular weight excluding hydrogens is 222 g/mol. The normalized spacial score (nSPS) is 19.9. The summed E-state index contributed by atoms with van der Waals surface area (Å²) in [5.74, 6) is 0. The van der Waals surface area contributed by atoms with Gasteiger partial charge in [-0.25, -0.2) is 0 Å². The molecule has 0 spiro atoms. The molecule has 1 unspecified atom stereocenters. The van der Waals surface area contributed by atoms with Gasteiger partial charge in [-0.1, -0.05) is 17.7 Å². The molecule has 4 heteroatoms. The minimum absolute atomic E-state index is 0.473. The molecule has 1 aromatic rings. The number of benzene rings is 1. The summed E-state index contributed by atoms with van der Waals surface area (Å²) in [6.07, 6.45) is 1.01. The Balaban J connectivity index is 2.39. The number of rotatable bonds is 2. The third kappa shape index (κ3) is 1.85. The zero-order valence-electron chi connectivity index (χ0n) is 9.78. The Kier molecular flexibility index (Phi) is 3.26. The summed E-state index contributed by atoms with van der Waals surface area (Å²) in [7, 11) is 4.20. The van der Waals surface area contributed by atoms with Crippen molar-refractivity contribution in [2.45, 2.75) is 12.5 Å². The average molecular weight is 240 g/mol. The van der Waals surface area contributed by atoms with Crippen LogP contribution in [0.4, 0.5) is 11.4 Å². The lowest BCUT2D eigenvalue weighted by atomic mass is 10.1. The van der Waals surface area contributed by atoms with Crippen molar-refractivity contribution in [1.82, 2.24) is 0 Å². The smallest absolute Gasteiger partial charge is 0.0791 e. The fourth-order valence-corrected chi connectivity index (χ4v) is 2.68. The quantitative estimate of drug-likeness (QED) is 0.856. The molecule has 0 saturated heterocycles. The van der Waals surface area contributed by atoms with Crippen molar-refractivity contribution < 1.29 is 0 Å². The van der Waals surface area contributed by atoms with Crippen molar-refractivity contribution in [2.75, 3.05) is 37.0 Å². The van der Waals surface area contributed by atoms with Gasteiger partial charge in [0.05, 0.1) is 16.4 Å². The lowest BCUT2D eigenvalue weighted by Gasteiger charge is -2.41. The Labute approximate surface area is 102 Å². The molecule has 0 bridgehead atoms. The Morgan fingerprint density at radius 3 is 2.88 bits per heavy atom. The van der Waals surface area contributed by atoms with E-state index < -0.39 is 0 Å². The van der Waals surface area contributed by atoms with E-state index in [1.807, 2.05) is 12.1 Å². The van der Waals surface area contributed by atoms with Gasteiger partial charge in [-0.3, -0.25) is 0 Å². The molecular formula is C12H18ClN3. The standard InChI is InChI=1S/C12H18ClN3/c1-15-8-9(6-7-14)16(2)11-5-3-4-10(13)12(11)15/h3-5,9H,6-8,14H2,1-2H3. The zero-order valence-corrected chi connectivity index (χ0v) is 10.5. The van der Waals surface area contributed by atoms with Gasteiger partial charge in [0, 0.05) is 26.7 Å². The van der Waals surface area contributed by atoms with E-state index in [9.17, 15) is 0 Å². The first-order valence-corrected chi connectivity index (χ1v) is 5.95. The van der Waals surface area contributed by atoms with E-state index in [4.69, 9.17) is 17.3 Å². The molecule has 1 aliphatic heterocycles. The van der Waals surface area contributed by atoms with Gasteiger partial charge >= 0.3 is 0 Å². The highest BCUT2D eigenvalue weighted by atomic mass is 35.5. The second kappa shape index (κ2) is 4.52. The van der Waals surface area contributed by atoms with Crippen molar-refractivity contribution in [1.29, 1.82) is 0 Å². The predicted molar refractivity (Wildman–Crippen MR) is 70.6 cm³/mol. The summed E-state index contributed by atoms with van der Waals surface area (Å²) in [6.45, 7) is 1.70. The summed E-state index contributed by atoms with van der Waals surface area (Å²) in [5.41, 5.74) is 7.96. The van der Waals surface area contributed by atoms with Crippen molar-refractivity contribution in [3.63, 3.8) is 0 Å². The van der Waals surface area contributed by atoms with Gasteiger partial charge in [0.1, 0.15) is 0 Å². The van der Waals surface area contributed by atoms with E-state index in [1.165, 1.54) is 5.69 Å². The van der Waals surface area contributed by atoms with Gasteiger partial charge in [-0.15, -0.1) is 0 Å². The zero-order chi connectivity index (χ0) is 11.7. The fourth-order valence-electron chi connectivity index (χ4n) is 2.37. The molecule has 2 rings (SSSR count). The largest absolute Gasteiger partial charge is 0.370 e. The maximum absolute atomic E-state index is 6.23. The van der Waals surface area contributed by atoms with Gasteiger partial charge in [-0.2, -0.15) is 0 Å². The molecule has 0 aromatic heterocycles. The minimum Gasteiger partial charge on any atom is -0.370 e. The first-order valence-electron chi connectivity index (χ1n) is 5.57. The van der Waals surface area contributed by atoms with Crippen LogP contribution in [-0.2, 0) is 0 Å². The van der Waals surface area contributed by atoms with Gasteiger partial charge in [0.2, 0.25) is 0 Å². The van der Waals surface area contributed by atoms with E-state index in [-0.39, 0.29) is 0 Å². The highest BCUT2D eigenvalue weighted by Crippen LogP contribution is 2.39.